The summed E-state index contributed by atoms with van der Waals surface area (Å²) in [5, 5.41) is 13.4. The Morgan fingerprint density at radius 1 is 1.12 bits per heavy atom. The Labute approximate surface area is 119 Å². The predicted molar refractivity (Wildman–Crippen MR) is 79.6 cm³/mol. The average Bonchev–Trinajstić information content (AvgIpc) is 2.33. The van der Waals surface area contributed by atoms with Crippen LogP contribution in [0.2, 0.25) is 5.02 Å². The molecule has 2 aromatic carbocycles. The first-order chi connectivity index (χ1) is 8.16. The summed E-state index contributed by atoms with van der Waals surface area (Å²) in [6, 6.07) is 13.4. The van der Waals surface area contributed by atoms with E-state index in [1.165, 1.54) is 3.57 Å². The first-order valence-electron chi connectivity index (χ1n) is 5.12. The minimum atomic E-state index is 0.146. The minimum absolute atomic E-state index is 0.146. The summed E-state index contributed by atoms with van der Waals surface area (Å²) in [5.41, 5.74) is 1.81. The zero-order chi connectivity index (χ0) is 12.3. The highest BCUT2D eigenvalue weighted by atomic mass is 127. The number of nitrogens with one attached hydrogen (secondary N) is 1. The summed E-state index contributed by atoms with van der Waals surface area (Å²) in [6.07, 6.45) is 0. The summed E-state index contributed by atoms with van der Waals surface area (Å²) in [4.78, 5) is 0. The molecule has 0 aromatic heterocycles. The third-order valence-corrected chi connectivity index (χ3v) is 3.42. The molecule has 0 unspecified atom stereocenters. The van der Waals surface area contributed by atoms with Gasteiger partial charge in [0.15, 0.2) is 0 Å². The molecule has 0 atom stereocenters. The molecular formula is C13H11ClINO. The van der Waals surface area contributed by atoms with Crippen LogP contribution in [-0.2, 0) is 6.54 Å². The van der Waals surface area contributed by atoms with Gasteiger partial charge in [0, 0.05) is 21.4 Å². The third kappa shape index (κ3) is 3.26. The number of halogens is 2. The van der Waals surface area contributed by atoms with Crippen molar-refractivity contribution in [2.24, 2.45) is 0 Å². The lowest BCUT2D eigenvalue weighted by atomic mass is 10.2. The molecule has 0 aliphatic carbocycles. The molecular weight excluding hydrogens is 349 g/mol. The van der Waals surface area contributed by atoms with E-state index in [0.29, 0.717) is 11.6 Å². The van der Waals surface area contributed by atoms with Gasteiger partial charge in [-0.25, -0.2) is 0 Å². The lowest BCUT2D eigenvalue weighted by Crippen LogP contribution is -1.99. The number of phenols is 1. The Balaban J connectivity index is 2.07. The monoisotopic (exact) mass is 359 g/mol. The van der Waals surface area contributed by atoms with Gasteiger partial charge in [0.05, 0.1) is 5.02 Å². The van der Waals surface area contributed by atoms with E-state index < -0.39 is 0 Å². The van der Waals surface area contributed by atoms with E-state index in [0.717, 1.165) is 11.3 Å². The molecule has 2 aromatic rings. The standard InChI is InChI=1S/C13H11ClINO/c14-12-3-1-2-9(13(12)17)8-16-11-6-4-10(15)5-7-11/h1-7,16-17H,8H2. The number of rotatable bonds is 3. The van der Waals surface area contributed by atoms with Gasteiger partial charge in [-0.2, -0.15) is 0 Å². The van der Waals surface area contributed by atoms with Crippen molar-refractivity contribution in [2.45, 2.75) is 6.54 Å². The molecule has 88 valence electrons. The average molecular weight is 360 g/mol. The fraction of sp³-hybridized carbons (Fsp3) is 0.0769. The topological polar surface area (TPSA) is 32.3 Å². The van der Waals surface area contributed by atoms with Gasteiger partial charge < -0.3 is 10.4 Å². The minimum Gasteiger partial charge on any atom is -0.506 e. The first kappa shape index (κ1) is 12.5. The smallest absolute Gasteiger partial charge is 0.139 e. The van der Waals surface area contributed by atoms with E-state index >= 15 is 0 Å². The summed E-state index contributed by atoms with van der Waals surface area (Å²) >= 11 is 8.10. The second-order valence-corrected chi connectivity index (χ2v) is 5.26. The molecule has 2 nitrogen and oxygen atoms in total. The van der Waals surface area contributed by atoms with Crippen molar-refractivity contribution in [1.29, 1.82) is 0 Å². The highest BCUT2D eigenvalue weighted by molar-refractivity contribution is 14.1. The molecule has 0 fully saturated rings. The van der Waals surface area contributed by atoms with E-state index in [2.05, 4.69) is 27.9 Å². The molecule has 0 aliphatic heterocycles. The van der Waals surface area contributed by atoms with Gasteiger partial charge >= 0.3 is 0 Å². The summed E-state index contributed by atoms with van der Waals surface area (Å²) in [5.74, 6) is 0.146. The SMILES string of the molecule is Oc1c(Cl)cccc1CNc1ccc(I)cc1. The molecule has 0 heterocycles. The third-order valence-electron chi connectivity index (χ3n) is 2.40. The van der Waals surface area contributed by atoms with Crippen LogP contribution in [0.15, 0.2) is 42.5 Å². The fourth-order valence-electron chi connectivity index (χ4n) is 1.47. The van der Waals surface area contributed by atoms with Gasteiger partial charge in [-0.05, 0) is 52.9 Å². The van der Waals surface area contributed by atoms with Crippen LogP contribution in [0.25, 0.3) is 0 Å². The molecule has 0 saturated heterocycles. The molecule has 4 heteroatoms. The van der Waals surface area contributed by atoms with Crippen molar-refractivity contribution in [3.8, 4) is 5.75 Å². The second-order valence-electron chi connectivity index (χ2n) is 3.61. The molecule has 0 radical (unpaired) electrons. The van der Waals surface area contributed by atoms with Gasteiger partial charge in [0.25, 0.3) is 0 Å². The second kappa shape index (κ2) is 5.60. The van der Waals surface area contributed by atoms with Crippen molar-refractivity contribution >= 4 is 39.9 Å². The Bertz CT molecular complexity index is 513. The van der Waals surface area contributed by atoms with Crippen LogP contribution in [-0.4, -0.2) is 5.11 Å². The Morgan fingerprint density at radius 2 is 1.82 bits per heavy atom. The molecule has 2 rings (SSSR count). The number of phenolic OH excluding ortho intramolecular Hbond substituents is 1. The maximum absolute atomic E-state index is 9.75. The van der Waals surface area contributed by atoms with E-state index in [4.69, 9.17) is 11.6 Å². The maximum Gasteiger partial charge on any atom is 0.139 e. The van der Waals surface area contributed by atoms with Gasteiger partial charge in [-0.1, -0.05) is 23.7 Å². The number of para-hydroxylation sites is 1. The number of benzene rings is 2. The first-order valence-corrected chi connectivity index (χ1v) is 6.58. The largest absolute Gasteiger partial charge is 0.506 e. The van der Waals surface area contributed by atoms with E-state index in [1.54, 1.807) is 6.07 Å². The Hall–Kier alpha value is -0.940. The van der Waals surface area contributed by atoms with Crippen molar-refractivity contribution in [3.05, 3.63) is 56.6 Å². The molecule has 0 saturated carbocycles. The van der Waals surface area contributed by atoms with E-state index in [9.17, 15) is 5.11 Å². The van der Waals surface area contributed by atoms with E-state index in [1.807, 2.05) is 36.4 Å². The summed E-state index contributed by atoms with van der Waals surface area (Å²) < 4.78 is 1.19. The number of hydrogen-bond donors (Lipinski definition) is 2. The van der Waals surface area contributed by atoms with Crippen molar-refractivity contribution < 1.29 is 5.11 Å². The summed E-state index contributed by atoms with van der Waals surface area (Å²) in [6.45, 7) is 0.549. The molecule has 0 aliphatic rings. The maximum atomic E-state index is 9.75. The van der Waals surface area contributed by atoms with Crippen LogP contribution in [0.5, 0.6) is 5.75 Å². The molecule has 17 heavy (non-hydrogen) atoms. The van der Waals surface area contributed by atoms with Crippen LogP contribution in [0.4, 0.5) is 5.69 Å². The lowest BCUT2D eigenvalue weighted by molar-refractivity contribution is 0.469. The van der Waals surface area contributed by atoms with Crippen molar-refractivity contribution in [3.63, 3.8) is 0 Å². The van der Waals surface area contributed by atoms with Crippen molar-refractivity contribution in [1.82, 2.24) is 0 Å². The van der Waals surface area contributed by atoms with Crippen LogP contribution >= 0.6 is 34.2 Å². The van der Waals surface area contributed by atoms with Crippen molar-refractivity contribution in [2.75, 3.05) is 5.32 Å². The number of hydrogen-bond acceptors (Lipinski definition) is 2. The molecule has 0 spiro atoms. The summed E-state index contributed by atoms with van der Waals surface area (Å²) in [7, 11) is 0. The van der Waals surface area contributed by atoms with Gasteiger partial charge in [-0.3, -0.25) is 0 Å². The van der Waals surface area contributed by atoms with Crippen LogP contribution < -0.4 is 5.32 Å². The molecule has 2 N–H and O–H groups in total. The highest BCUT2D eigenvalue weighted by Crippen LogP contribution is 2.27. The predicted octanol–water partition coefficient (Wildman–Crippen LogP) is 4.26. The molecule has 0 bridgehead atoms. The molecule has 0 amide bonds. The van der Waals surface area contributed by atoms with Crippen LogP contribution in [0, 0.1) is 3.57 Å². The lowest BCUT2D eigenvalue weighted by Gasteiger charge is -2.09. The zero-order valence-electron chi connectivity index (χ0n) is 8.95. The van der Waals surface area contributed by atoms with Gasteiger partial charge in [0.1, 0.15) is 5.75 Å². The Morgan fingerprint density at radius 3 is 2.53 bits per heavy atom. The Kier molecular flexibility index (Phi) is 4.12. The van der Waals surface area contributed by atoms with Gasteiger partial charge in [-0.15, -0.1) is 0 Å². The van der Waals surface area contributed by atoms with Crippen LogP contribution in [0.1, 0.15) is 5.56 Å². The van der Waals surface area contributed by atoms with E-state index in [-0.39, 0.29) is 5.75 Å². The number of aromatic hydroxyl groups is 1. The number of anilines is 1. The normalized spacial score (nSPS) is 10.2. The van der Waals surface area contributed by atoms with Gasteiger partial charge in [0.2, 0.25) is 0 Å². The zero-order valence-corrected chi connectivity index (χ0v) is 11.9. The fourth-order valence-corrected chi connectivity index (χ4v) is 2.02. The quantitative estimate of drug-likeness (QED) is 0.803. The van der Waals surface area contributed by atoms with Crippen LogP contribution in [0.3, 0.4) is 0 Å². The highest BCUT2D eigenvalue weighted by Gasteiger charge is 2.04.